The number of aryl methyl sites for hydroxylation is 1. The molecule has 0 amide bonds. The molecule has 2 aliphatic carbocycles. The maximum Gasteiger partial charge on any atom is 0.306 e. The van der Waals surface area contributed by atoms with Crippen LogP contribution >= 0.6 is 0 Å². The number of hydrogen-bond acceptors (Lipinski definition) is 7. The first-order valence-corrected chi connectivity index (χ1v) is 17.8. The van der Waals surface area contributed by atoms with Crippen LogP contribution in [-0.4, -0.2) is 68.4 Å². The molecule has 1 aromatic carbocycles. The van der Waals surface area contributed by atoms with Crippen LogP contribution in [0, 0.1) is 17.8 Å². The molecule has 0 spiro atoms. The predicted octanol–water partition coefficient (Wildman–Crippen LogP) is 6.86. The van der Waals surface area contributed by atoms with Gasteiger partial charge in [0.2, 0.25) is 5.95 Å². The lowest BCUT2D eigenvalue weighted by molar-refractivity contribution is -0.143. The minimum atomic E-state index is -0.669. The van der Waals surface area contributed by atoms with Crippen molar-refractivity contribution in [3.05, 3.63) is 65.1 Å². The summed E-state index contributed by atoms with van der Waals surface area (Å²) in [6, 6.07) is 10.9. The number of nitrogens with one attached hydrogen (secondary N) is 1. The first-order chi connectivity index (χ1) is 22.8. The number of nitrogens with zero attached hydrogens (tertiary/aromatic N) is 6. The first-order valence-electron chi connectivity index (χ1n) is 17.8. The molecule has 6 rings (SSSR count). The van der Waals surface area contributed by atoms with E-state index in [4.69, 9.17) is 9.97 Å². The number of hydrogen-bond donors (Lipinski definition) is 2. The summed E-state index contributed by atoms with van der Waals surface area (Å²) in [4.78, 5) is 27.0. The molecule has 2 fully saturated rings. The molecule has 1 saturated heterocycles. The fourth-order valence-electron chi connectivity index (χ4n) is 8.44. The number of piperidine rings is 1. The van der Waals surface area contributed by atoms with Crippen molar-refractivity contribution in [3.63, 3.8) is 0 Å². The zero-order chi connectivity index (χ0) is 32.9. The number of carbonyl (C=O) groups is 1. The smallest absolute Gasteiger partial charge is 0.306 e. The summed E-state index contributed by atoms with van der Waals surface area (Å²) >= 11 is 0. The summed E-state index contributed by atoms with van der Waals surface area (Å²) < 4.78 is 15.0. The van der Waals surface area contributed by atoms with Crippen molar-refractivity contribution < 1.29 is 14.3 Å². The van der Waals surface area contributed by atoms with Crippen molar-refractivity contribution in [3.8, 4) is 0 Å². The summed E-state index contributed by atoms with van der Waals surface area (Å²) in [6.45, 7) is 6.76. The molecule has 1 aliphatic heterocycles. The number of rotatable bonds is 12. The number of halogens is 1. The van der Waals surface area contributed by atoms with Gasteiger partial charge in [-0.15, -0.1) is 0 Å². The third-order valence-corrected chi connectivity index (χ3v) is 11.1. The molecule has 3 aliphatic rings. The molecule has 2 N–H and O–H groups in total. The average Bonchev–Trinajstić information content (AvgIpc) is 3.58. The largest absolute Gasteiger partial charge is 0.481 e. The Bertz CT molecular complexity index is 1470. The van der Waals surface area contributed by atoms with Gasteiger partial charge in [0.25, 0.3) is 0 Å². The van der Waals surface area contributed by atoms with E-state index in [-0.39, 0.29) is 18.0 Å². The van der Waals surface area contributed by atoms with Crippen LogP contribution in [0.15, 0.2) is 42.7 Å². The van der Waals surface area contributed by atoms with Crippen LogP contribution in [-0.2, 0) is 24.4 Å². The quantitative estimate of drug-likeness (QED) is 0.220. The lowest BCUT2D eigenvalue weighted by Crippen LogP contribution is -2.41. The van der Waals surface area contributed by atoms with Crippen LogP contribution in [0.25, 0.3) is 0 Å². The van der Waals surface area contributed by atoms with Crippen LogP contribution in [0.2, 0.25) is 0 Å². The summed E-state index contributed by atoms with van der Waals surface area (Å²) in [5.74, 6) is 2.13. The van der Waals surface area contributed by atoms with E-state index in [1.807, 2.05) is 6.20 Å². The van der Waals surface area contributed by atoms with Gasteiger partial charge in [0.05, 0.1) is 23.9 Å². The fraction of sp³-hybridized carbons (Fsp3) is 0.622. The van der Waals surface area contributed by atoms with Gasteiger partial charge in [0.1, 0.15) is 5.82 Å². The minimum Gasteiger partial charge on any atom is -0.481 e. The highest BCUT2D eigenvalue weighted by molar-refractivity contribution is 5.70. The van der Waals surface area contributed by atoms with Crippen LogP contribution < -0.4 is 10.2 Å². The fourth-order valence-corrected chi connectivity index (χ4v) is 8.44. The first kappa shape index (κ1) is 33.4. The van der Waals surface area contributed by atoms with E-state index in [0.717, 1.165) is 94.0 Å². The van der Waals surface area contributed by atoms with Crippen LogP contribution in [0.5, 0.6) is 0 Å². The molecule has 3 aromatic rings. The summed E-state index contributed by atoms with van der Waals surface area (Å²) in [5, 5.41) is 17.7. The molecular formula is C37H52FN7O2. The molecule has 1 saturated carbocycles. The molecule has 47 heavy (non-hydrogen) atoms. The number of fused-ring (bicyclic) bond motifs is 1. The van der Waals surface area contributed by atoms with Crippen molar-refractivity contribution in [2.45, 2.75) is 103 Å². The normalized spacial score (nSPS) is 24.7. The molecule has 9 nitrogen and oxygen atoms in total. The van der Waals surface area contributed by atoms with Gasteiger partial charge in [-0.2, -0.15) is 10.1 Å². The molecule has 0 bridgehead atoms. The van der Waals surface area contributed by atoms with Crippen LogP contribution in [0.3, 0.4) is 0 Å². The van der Waals surface area contributed by atoms with Gasteiger partial charge >= 0.3 is 5.97 Å². The van der Waals surface area contributed by atoms with E-state index in [1.165, 1.54) is 28.7 Å². The Balaban J connectivity index is 1.33. The predicted molar refractivity (Wildman–Crippen MR) is 183 cm³/mol. The summed E-state index contributed by atoms with van der Waals surface area (Å²) in [6.07, 6.45) is 13.0. The van der Waals surface area contributed by atoms with E-state index in [9.17, 15) is 14.3 Å². The molecule has 0 radical (unpaired) electrons. The molecule has 3 heterocycles. The van der Waals surface area contributed by atoms with Crippen molar-refractivity contribution in [2.75, 3.05) is 36.9 Å². The number of likely N-dealkylation sites (tertiary alicyclic amines) is 1. The van der Waals surface area contributed by atoms with Gasteiger partial charge in [-0.1, -0.05) is 44.2 Å². The number of carboxylic acids is 1. The SMILES string of the molecule is CC[C@H](C1CCC(C(=O)O)CC1)N(C)c1nc2c(c(NC(CN3CCC[C@H](C)C3)c3cnn(CF)c3)n1)C[C@H](c1ccccc1)CC2. The van der Waals surface area contributed by atoms with Crippen molar-refractivity contribution >= 4 is 17.7 Å². The summed E-state index contributed by atoms with van der Waals surface area (Å²) in [5.41, 5.74) is 4.58. The van der Waals surface area contributed by atoms with E-state index in [2.05, 4.69) is 71.4 Å². The maximum atomic E-state index is 13.6. The van der Waals surface area contributed by atoms with Gasteiger partial charge in [-0.05, 0) is 94.1 Å². The number of carboxylic acid groups (broad SMARTS) is 1. The van der Waals surface area contributed by atoms with Crippen molar-refractivity contribution in [2.24, 2.45) is 17.8 Å². The van der Waals surface area contributed by atoms with E-state index >= 15 is 0 Å². The Morgan fingerprint density at radius 1 is 1.13 bits per heavy atom. The maximum absolute atomic E-state index is 13.6. The number of alkyl halides is 1. The van der Waals surface area contributed by atoms with Gasteiger partial charge < -0.3 is 20.2 Å². The van der Waals surface area contributed by atoms with E-state index < -0.39 is 12.8 Å². The Morgan fingerprint density at radius 3 is 2.60 bits per heavy atom. The molecule has 10 heteroatoms. The Hall–Kier alpha value is -3.53. The van der Waals surface area contributed by atoms with Gasteiger partial charge in [0.15, 0.2) is 6.80 Å². The highest BCUT2D eigenvalue weighted by Gasteiger charge is 2.34. The highest BCUT2D eigenvalue weighted by atomic mass is 19.1. The highest BCUT2D eigenvalue weighted by Crippen LogP contribution is 2.39. The van der Waals surface area contributed by atoms with Gasteiger partial charge in [0, 0.05) is 43.5 Å². The standard InChI is InChI=1S/C37H52FN7O2/c1-4-34(27-12-14-28(15-13-27)36(46)47)43(3)37-41-32-17-16-29(26-10-6-5-7-11-26)19-31(32)35(42-37)40-33(30-20-39-45(22-30)24-38)23-44-18-8-9-25(2)21-44/h5-7,10-11,20,22,25,27-29,33-34H,4,8-9,12-19,21,23-24H2,1-3H3,(H,46,47)(H,40,41,42)/t25-,27?,28?,29+,33?,34+/m0/s1. The second-order valence-corrected chi connectivity index (χ2v) is 14.3. The average molecular weight is 646 g/mol. The second-order valence-electron chi connectivity index (χ2n) is 14.3. The summed E-state index contributed by atoms with van der Waals surface area (Å²) in [7, 11) is 2.11. The molecule has 254 valence electrons. The van der Waals surface area contributed by atoms with Crippen LogP contribution in [0.1, 0.15) is 99.6 Å². The van der Waals surface area contributed by atoms with Crippen molar-refractivity contribution in [1.82, 2.24) is 24.6 Å². The Kier molecular flexibility index (Phi) is 10.7. The lowest BCUT2D eigenvalue weighted by Gasteiger charge is -2.38. The lowest BCUT2D eigenvalue weighted by atomic mass is 9.77. The Labute approximate surface area is 279 Å². The minimum absolute atomic E-state index is 0.108. The van der Waals surface area contributed by atoms with E-state index in [0.29, 0.717) is 17.8 Å². The number of aliphatic carboxylic acids is 1. The topological polar surface area (TPSA) is 99.4 Å². The Morgan fingerprint density at radius 2 is 1.91 bits per heavy atom. The van der Waals surface area contributed by atoms with Gasteiger partial charge in [-0.3, -0.25) is 4.79 Å². The molecule has 1 unspecified atom stereocenters. The number of aromatic nitrogens is 4. The van der Waals surface area contributed by atoms with E-state index in [1.54, 1.807) is 6.20 Å². The monoisotopic (exact) mass is 645 g/mol. The zero-order valence-electron chi connectivity index (χ0n) is 28.3. The second kappa shape index (κ2) is 15.1. The van der Waals surface area contributed by atoms with Crippen LogP contribution in [0.4, 0.5) is 16.2 Å². The number of anilines is 2. The zero-order valence-corrected chi connectivity index (χ0v) is 28.3. The third kappa shape index (κ3) is 7.79. The van der Waals surface area contributed by atoms with Crippen molar-refractivity contribution in [1.29, 1.82) is 0 Å². The number of benzene rings is 1. The third-order valence-electron chi connectivity index (χ3n) is 11.1. The van der Waals surface area contributed by atoms with Gasteiger partial charge in [-0.25, -0.2) is 14.1 Å². The molecular weight excluding hydrogens is 593 g/mol. The molecule has 2 aromatic heterocycles. The molecule has 4 atom stereocenters.